The van der Waals surface area contributed by atoms with E-state index in [1.165, 1.54) is 36.4 Å². The van der Waals surface area contributed by atoms with Crippen LogP contribution in [0.5, 0.6) is 0 Å². The van der Waals surface area contributed by atoms with E-state index in [4.69, 9.17) is 0 Å². The summed E-state index contributed by atoms with van der Waals surface area (Å²) in [6, 6.07) is 15.1. The predicted octanol–water partition coefficient (Wildman–Crippen LogP) is 5.85. The quantitative estimate of drug-likeness (QED) is 0.377. The summed E-state index contributed by atoms with van der Waals surface area (Å²) in [5.41, 5.74) is 1.82. The molecule has 0 spiro atoms. The molecule has 1 aliphatic heterocycles. The first-order chi connectivity index (χ1) is 16.0. The largest absolute Gasteiger partial charge is 0.416 e. The Balaban J connectivity index is 1.78. The number of rotatable bonds is 5. The van der Waals surface area contributed by atoms with E-state index >= 15 is 0 Å². The van der Waals surface area contributed by atoms with E-state index < -0.39 is 29.4 Å². The van der Waals surface area contributed by atoms with Gasteiger partial charge in [-0.05, 0) is 60.9 Å². The van der Waals surface area contributed by atoms with E-state index in [9.17, 15) is 27.2 Å². The molecule has 1 aliphatic rings. The van der Waals surface area contributed by atoms with Crippen LogP contribution < -0.4 is 5.32 Å². The number of hydrogen-bond acceptors (Lipinski definition) is 3. The van der Waals surface area contributed by atoms with E-state index in [2.05, 4.69) is 5.32 Å². The van der Waals surface area contributed by atoms with E-state index in [-0.39, 0.29) is 23.5 Å². The molecule has 34 heavy (non-hydrogen) atoms. The van der Waals surface area contributed by atoms with Crippen LogP contribution in [0.1, 0.15) is 27.8 Å². The molecule has 0 atom stereocenters. The van der Waals surface area contributed by atoms with Gasteiger partial charge < -0.3 is 5.32 Å². The third-order valence-electron chi connectivity index (χ3n) is 5.53. The van der Waals surface area contributed by atoms with Crippen molar-refractivity contribution in [1.29, 1.82) is 0 Å². The molecule has 3 aromatic rings. The highest BCUT2D eigenvalue weighted by Gasteiger charge is 2.40. The molecule has 174 valence electrons. The van der Waals surface area contributed by atoms with E-state index in [0.29, 0.717) is 11.1 Å². The molecule has 4 nitrogen and oxygen atoms in total. The number of benzene rings is 3. The normalized spacial score (nSPS) is 14.2. The van der Waals surface area contributed by atoms with Gasteiger partial charge in [0.25, 0.3) is 11.8 Å². The zero-order chi connectivity index (χ0) is 24.6. The Labute approximate surface area is 193 Å². The summed E-state index contributed by atoms with van der Waals surface area (Å²) in [5.74, 6) is -1.72. The smallest absolute Gasteiger partial charge is 0.350 e. The molecule has 0 radical (unpaired) electrons. The number of alkyl halides is 3. The summed E-state index contributed by atoms with van der Waals surface area (Å²) in [6.07, 6.45) is -4.56. The molecule has 0 fully saturated rings. The Morgan fingerprint density at radius 1 is 0.882 bits per heavy atom. The first kappa shape index (κ1) is 23.2. The van der Waals surface area contributed by atoms with Crippen LogP contribution in [-0.4, -0.2) is 16.7 Å². The van der Waals surface area contributed by atoms with Crippen LogP contribution in [0.2, 0.25) is 0 Å². The minimum Gasteiger partial charge on any atom is -0.350 e. The van der Waals surface area contributed by atoms with Gasteiger partial charge >= 0.3 is 6.18 Å². The van der Waals surface area contributed by atoms with Gasteiger partial charge in [-0.3, -0.25) is 14.5 Å². The van der Waals surface area contributed by atoms with Gasteiger partial charge in [-0.2, -0.15) is 13.2 Å². The highest BCUT2D eigenvalue weighted by atomic mass is 19.4. The van der Waals surface area contributed by atoms with Crippen molar-refractivity contribution in [1.82, 2.24) is 4.90 Å². The maximum Gasteiger partial charge on any atom is 0.416 e. The number of anilines is 1. The standard InChI is InChI=1S/C26H20F4N2O2/c1-15-6-11-21(16(2)12-15)22-23(31-20-5-3-4-18(13-20)26(28,29)30)25(34)32(24(22)33)14-17-7-9-19(27)10-8-17/h3-13,31H,14H2,1-2H3. The number of amides is 2. The van der Waals surface area contributed by atoms with Gasteiger partial charge in [0.05, 0.1) is 17.7 Å². The number of carbonyl (C=O) groups is 2. The minimum absolute atomic E-state index is 0.0249. The van der Waals surface area contributed by atoms with Gasteiger partial charge in [-0.1, -0.05) is 42.0 Å². The monoisotopic (exact) mass is 468 g/mol. The Morgan fingerprint density at radius 3 is 2.24 bits per heavy atom. The van der Waals surface area contributed by atoms with Crippen molar-refractivity contribution in [2.75, 3.05) is 5.32 Å². The second kappa shape index (κ2) is 8.78. The van der Waals surface area contributed by atoms with Crippen molar-refractivity contribution in [3.63, 3.8) is 0 Å². The molecule has 2 amide bonds. The maximum atomic E-state index is 13.4. The summed E-state index contributed by atoms with van der Waals surface area (Å²) in [6.45, 7) is 3.56. The van der Waals surface area contributed by atoms with Crippen molar-refractivity contribution in [3.05, 3.63) is 106 Å². The second-order valence-electron chi connectivity index (χ2n) is 8.09. The van der Waals surface area contributed by atoms with Gasteiger partial charge in [0.2, 0.25) is 0 Å². The third kappa shape index (κ3) is 4.57. The lowest BCUT2D eigenvalue weighted by atomic mass is 9.97. The van der Waals surface area contributed by atoms with Crippen LogP contribution in [0.4, 0.5) is 23.2 Å². The van der Waals surface area contributed by atoms with Crippen LogP contribution >= 0.6 is 0 Å². The molecular formula is C26H20F4N2O2. The Hall–Kier alpha value is -3.94. The fourth-order valence-electron chi connectivity index (χ4n) is 3.87. The third-order valence-corrected chi connectivity index (χ3v) is 5.53. The number of nitrogens with zero attached hydrogens (tertiary/aromatic N) is 1. The molecule has 8 heteroatoms. The molecule has 0 unspecified atom stereocenters. The molecule has 0 aromatic heterocycles. The second-order valence-corrected chi connectivity index (χ2v) is 8.09. The average Bonchev–Trinajstić information content (AvgIpc) is 2.99. The molecule has 4 rings (SSSR count). The van der Waals surface area contributed by atoms with Crippen LogP contribution in [-0.2, 0) is 22.3 Å². The number of imide groups is 1. The fraction of sp³-hybridized carbons (Fsp3) is 0.154. The van der Waals surface area contributed by atoms with Crippen molar-refractivity contribution in [3.8, 4) is 0 Å². The van der Waals surface area contributed by atoms with E-state index in [0.717, 1.165) is 28.2 Å². The van der Waals surface area contributed by atoms with Gasteiger partial charge in [-0.15, -0.1) is 0 Å². The summed E-state index contributed by atoms with van der Waals surface area (Å²) in [4.78, 5) is 27.7. The summed E-state index contributed by atoms with van der Waals surface area (Å²) >= 11 is 0. The molecular weight excluding hydrogens is 448 g/mol. The van der Waals surface area contributed by atoms with Crippen LogP contribution in [0.25, 0.3) is 5.57 Å². The zero-order valence-corrected chi connectivity index (χ0v) is 18.3. The summed E-state index contributed by atoms with van der Waals surface area (Å²) in [7, 11) is 0. The highest BCUT2D eigenvalue weighted by molar-refractivity contribution is 6.36. The first-order valence-electron chi connectivity index (χ1n) is 10.4. The SMILES string of the molecule is Cc1ccc(C2=C(Nc3cccc(C(F)(F)F)c3)C(=O)N(Cc3ccc(F)cc3)C2=O)c(C)c1. The number of nitrogens with one attached hydrogen (secondary N) is 1. The lowest BCUT2D eigenvalue weighted by molar-refractivity contribution is -0.138. The Morgan fingerprint density at radius 2 is 1.59 bits per heavy atom. The Bertz CT molecular complexity index is 1310. The molecule has 1 heterocycles. The fourth-order valence-corrected chi connectivity index (χ4v) is 3.87. The van der Waals surface area contributed by atoms with Gasteiger partial charge in [0.15, 0.2) is 0 Å². The van der Waals surface area contributed by atoms with Crippen LogP contribution in [0, 0.1) is 19.7 Å². The van der Waals surface area contributed by atoms with Crippen molar-refractivity contribution >= 4 is 23.1 Å². The van der Waals surface area contributed by atoms with Gasteiger partial charge in [-0.25, -0.2) is 4.39 Å². The molecule has 3 aromatic carbocycles. The van der Waals surface area contributed by atoms with Crippen LogP contribution in [0.15, 0.2) is 72.4 Å². The molecule has 1 N–H and O–H groups in total. The molecule has 0 saturated carbocycles. The number of halogens is 4. The lowest BCUT2D eigenvalue weighted by Gasteiger charge is -2.16. The molecule has 0 aliphatic carbocycles. The van der Waals surface area contributed by atoms with E-state index in [1.54, 1.807) is 19.1 Å². The van der Waals surface area contributed by atoms with Gasteiger partial charge in [0, 0.05) is 5.69 Å². The van der Waals surface area contributed by atoms with Crippen LogP contribution in [0.3, 0.4) is 0 Å². The number of carbonyl (C=O) groups excluding carboxylic acids is 2. The summed E-state index contributed by atoms with van der Waals surface area (Å²) < 4.78 is 52.9. The topological polar surface area (TPSA) is 49.4 Å². The highest BCUT2D eigenvalue weighted by Crippen LogP contribution is 2.35. The summed E-state index contributed by atoms with van der Waals surface area (Å²) in [5, 5.41) is 2.76. The predicted molar refractivity (Wildman–Crippen MR) is 120 cm³/mol. The molecule has 0 saturated heterocycles. The minimum atomic E-state index is -4.56. The van der Waals surface area contributed by atoms with E-state index in [1.807, 2.05) is 13.0 Å². The van der Waals surface area contributed by atoms with Gasteiger partial charge in [0.1, 0.15) is 11.5 Å². The zero-order valence-electron chi connectivity index (χ0n) is 18.3. The maximum absolute atomic E-state index is 13.4. The average molecular weight is 468 g/mol. The van der Waals surface area contributed by atoms with Crippen molar-refractivity contribution in [2.45, 2.75) is 26.6 Å². The first-order valence-corrected chi connectivity index (χ1v) is 10.4. The van der Waals surface area contributed by atoms with Crippen molar-refractivity contribution in [2.24, 2.45) is 0 Å². The number of hydrogen-bond donors (Lipinski definition) is 1. The molecule has 0 bridgehead atoms. The Kier molecular flexibility index (Phi) is 6.00. The van der Waals surface area contributed by atoms with Crippen molar-refractivity contribution < 1.29 is 27.2 Å². The lowest BCUT2D eigenvalue weighted by Crippen LogP contribution is -2.32. The number of aryl methyl sites for hydroxylation is 2.